The van der Waals surface area contributed by atoms with Crippen molar-refractivity contribution in [3.05, 3.63) is 35.1 Å². The average Bonchev–Trinajstić information content (AvgIpc) is 2.22. The van der Waals surface area contributed by atoms with Gasteiger partial charge in [0.25, 0.3) is 0 Å². The Morgan fingerprint density at radius 1 is 1.33 bits per heavy atom. The van der Waals surface area contributed by atoms with E-state index in [9.17, 15) is 4.79 Å². The van der Waals surface area contributed by atoms with Crippen LogP contribution in [0.3, 0.4) is 0 Å². The SMILES string of the molecule is CC(=O)Nc1ccc(Br)c2cnccc12. The fraction of sp³-hybridized carbons (Fsp3) is 0.0909. The van der Waals surface area contributed by atoms with E-state index in [1.165, 1.54) is 6.92 Å². The summed E-state index contributed by atoms with van der Waals surface area (Å²) in [7, 11) is 0. The third-order valence-corrected chi connectivity index (χ3v) is 2.77. The number of rotatable bonds is 1. The smallest absolute Gasteiger partial charge is 0.221 e. The van der Waals surface area contributed by atoms with Crippen molar-refractivity contribution in [2.24, 2.45) is 0 Å². The lowest BCUT2D eigenvalue weighted by Gasteiger charge is -2.07. The summed E-state index contributed by atoms with van der Waals surface area (Å²) < 4.78 is 0.972. The number of pyridine rings is 1. The molecule has 1 heterocycles. The molecule has 15 heavy (non-hydrogen) atoms. The number of nitrogens with zero attached hydrogens (tertiary/aromatic N) is 1. The lowest BCUT2D eigenvalue weighted by Crippen LogP contribution is -2.06. The number of fused-ring (bicyclic) bond motifs is 1. The minimum Gasteiger partial charge on any atom is -0.326 e. The summed E-state index contributed by atoms with van der Waals surface area (Å²) in [5.74, 6) is -0.0737. The summed E-state index contributed by atoms with van der Waals surface area (Å²) in [5, 5.41) is 4.76. The number of carbonyl (C=O) groups is 1. The van der Waals surface area contributed by atoms with Crippen molar-refractivity contribution in [2.75, 3.05) is 5.32 Å². The Labute approximate surface area is 95.6 Å². The Morgan fingerprint density at radius 2 is 2.13 bits per heavy atom. The predicted molar refractivity (Wildman–Crippen MR) is 63.7 cm³/mol. The first-order valence-electron chi connectivity index (χ1n) is 4.48. The summed E-state index contributed by atoms with van der Waals surface area (Å²) in [6, 6.07) is 5.65. The van der Waals surface area contributed by atoms with E-state index < -0.39 is 0 Å². The molecule has 0 spiro atoms. The Kier molecular flexibility index (Phi) is 2.68. The number of benzene rings is 1. The van der Waals surface area contributed by atoms with E-state index in [0.29, 0.717) is 0 Å². The molecular formula is C11H9BrN2O. The van der Waals surface area contributed by atoms with Gasteiger partial charge in [-0.15, -0.1) is 0 Å². The molecule has 0 unspecified atom stereocenters. The third-order valence-electron chi connectivity index (χ3n) is 2.08. The monoisotopic (exact) mass is 264 g/mol. The van der Waals surface area contributed by atoms with Crippen LogP contribution >= 0.6 is 15.9 Å². The number of hydrogen-bond acceptors (Lipinski definition) is 2. The van der Waals surface area contributed by atoms with Crippen LogP contribution in [0.25, 0.3) is 10.8 Å². The zero-order chi connectivity index (χ0) is 10.8. The van der Waals surface area contributed by atoms with Crippen molar-refractivity contribution in [2.45, 2.75) is 6.92 Å². The zero-order valence-electron chi connectivity index (χ0n) is 8.12. The van der Waals surface area contributed by atoms with E-state index >= 15 is 0 Å². The molecule has 0 saturated carbocycles. The van der Waals surface area contributed by atoms with Gasteiger partial charge in [-0.2, -0.15) is 0 Å². The van der Waals surface area contributed by atoms with Gasteiger partial charge in [-0.25, -0.2) is 0 Å². The number of anilines is 1. The quantitative estimate of drug-likeness (QED) is 0.861. The highest BCUT2D eigenvalue weighted by Gasteiger charge is 2.04. The maximum absolute atomic E-state index is 11.0. The summed E-state index contributed by atoms with van der Waals surface area (Å²) >= 11 is 3.44. The van der Waals surface area contributed by atoms with E-state index in [-0.39, 0.29) is 5.91 Å². The molecular weight excluding hydrogens is 256 g/mol. The van der Waals surface area contributed by atoms with E-state index in [4.69, 9.17) is 0 Å². The van der Waals surface area contributed by atoms with Gasteiger partial charge in [0.05, 0.1) is 0 Å². The lowest BCUT2D eigenvalue weighted by atomic mass is 10.1. The van der Waals surface area contributed by atoms with Crippen LogP contribution in [-0.4, -0.2) is 10.9 Å². The highest BCUT2D eigenvalue weighted by Crippen LogP contribution is 2.29. The molecule has 1 aromatic carbocycles. The number of halogens is 1. The predicted octanol–water partition coefficient (Wildman–Crippen LogP) is 2.96. The highest BCUT2D eigenvalue weighted by molar-refractivity contribution is 9.10. The van der Waals surface area contributed by atoms with E-state index in [1.54, 1.807) is 12.4 Å². The van der Waals surface area contributed by atoms with Crippen LogP contribution in [0, 0.1) is 0 Å². The van der Waals surface area contributed by atoms with Gasteiger partial charge in [-0.3, -0.25) is 9.78 Å². The van der Waals surface area contributed by atoms with Gasteiger partial charge in [0, 0.05) is 40.2 Å². The molecule has 3 nitrogen and oxygen atoms in total. The Morgan fingerprint density at radius 3 is 2.87 bits per heavy atom. The molecule has 1 N–H and O–H groups in total. The van der Waals surface area contributed by atoms with Crippen LogP contribution in [0.5, 0.6) is 0 Å². The van der Waals surface area contributed by atoms with Crippen LogP contribution in [-0.2, 0) is 4.79 Å². The van der Waals surface area contributed by atoms with E-state index in [2.05, 4.69) is 26.2 Å². The van der Waals surface area contributed by atoms with Gasteiger partial charge < -0.3 is 5.32 Å². The minimum atomic E-state index is -0.0737. The fourth-order valence-electron chi connectivity index (χ4n) is 1.45. The molecule has 0 fully saturated rings. The first kappa shape index (κ1) is 10.1. The second-order valence-corrected chi connectivity index (χ2v) is 4.05. The van der Waals surface area contributed by atoms with Crippen molar-refractivity contribution >= 4 is 38.3 Å². The number of hydrogen-bond donors (Lipinski definition) is 1. The van der Waals surface area contributed by atoms with Crippen LogP contribution in [0.1, 0.15) is 6.92 Å². The van der Waals surface area contributed by atoms with Crippen LogP contribution in [0.2, 0.25) is 0 Å². The summed E-state index contributed by atoms with van der Waals surface area (Å²) in [5.41, 5.74) is 0.808. The average molecular weight is 265 g/mol. The van der Waals surface area contributed by atoms with Gasteiger partial charge in [-0.05, 0) is 18.2 Å². The first-order chi connectivity index (χ1) is 7.18. The highest BCUT2D eigenvalue weighted by atomic mass is 79.9. The molecule has 0 atom stereocenters. The maximum Gasteiger partial charge on any atom is 0.221 e. The van der Waals surface area contributed by atoms with Gasteiger partial charge in [0.2, 0.25) is 5.91 Å². The Bertz CT molecular complexity index is 525. The van der Waals surface area contributed by atoms with Crippen LogP contribution in [0.15, 0.2) is 35.1 Å². The number of nitrogens with one attached hydrogen (secondary N) is 1. The van der Waals surface area contributed by atoms with Crippen LogP contribution < -0.4 is 5.32 Å². The standard InChI is InChI=1S/C11H9BrN2O/c1-7(15)14-11-3-2-10(12)9-6-13-5-4-8(9)11/h2-6H,1H3,(H,14,15). The molecule has 0 aliphatic carbocycles. The summed E-state index contributed by atoms with van der Waals surface area (Å²) in [6.07, 6.45) is 3.48. The van der Waals surface area contributed by atoms with Gasteiger partial charge >= 0.3 is 0 Å². The second-order valence-electron chi connectivity index (χ2n) is 3.20. The largest absolute Gasteiger partial charge is 0.326 e. The number of carbonyl (C=O) groups excluding carboxylic acids is 1. The molecule has 76 valence electrons. The van der Waals surface area contributed by atoms with Crippen molar-refractivity contribution in [3.63, 3.8) is 0 Å². The normalized spacial score (nSPS) is 10.3. The lowest BCUT2D eigenvalue weighted by molar-refractivity contribution is -0.114. The fourth-order valence-corrected chi connectivity index (χ4v) is 1.90. The minimum absolute atomic E-state index is 0.0737. The molecule has 0 saturated heterocycles. The van der Waals surface area contributed by atoms with Gasteiger partial charge in [0.15, 0.2) is 0 Å². The topological polar surface area (TPSA) is 42.0 Å². The maximum atomic E-state index is 11.0. The van der Waals surface area contributed by atoms with E-state index in [0.717, 1.165) is 20.9 Å². The molecule has 2 aromatic rings. The second kappa shape index (κ2) is 3.98. The number of amides is 1. The molecule has 1 aromatic heterocycles. The van der Waals surface area contributed by atoms with Gasteiger partial charge in [0.1, 0.15) is 0 Å². The van der Waals surface area contributed by atoms with Crippen molar-refractivity contribution in [1.82, 2.24) is 4.98 Å². The molecule has 2 rings (SSSR count). The molecule has 4 heteroatoms. The molecule has 0 aliphatic rings. The molecule has 0 aliphatic heterocycles. The third kappa shape index (κ3) is 1.99. The summed E-state index contributed by atoms with van der Waals surface area (Å²) in [6.45, 7) is 1.50. The van der Waals surface area contributed by atoms with Gasteiger partial charge in [-0.1, -0.05) is 15.9 Å². The zero-order valence-corrected chi connectivity index (χ0v) is 9.71. The van der Waals surface area contributed by atoms with E-state index in [1.807, 2.05) is 18.2 Å². The number of aromatic nitrogens is 1. The van der Waals surface area contributed by atoms with Crippen molar-refractivity contribution in [3.8, 4) is 0 Å². The van der Waals surface area contributed by atoms with Crippen molar-refractivity contribution < 1.29 is 4.79 Å². The first-order valence-corrected chi connectivity index (χ1v) is 5.27. The Hall–Kier alpha value is -1.42. The molecule has 1 amide bonds. The van der Waals surface area contributed by atoms with Crippen LogP contribution in [0.4, 0.5) is 5.69 Å². The molecule has 0 bridgehead atoms. The Balaban J connectivity index is 2.66. The van der Waals surface area contributed by atoms with Crippen molar-refractivity contribution in [1.29, 1.82) is 0 Å². The molecule has 0 radical (unpaired) electrons. The summed E-state index contributed by atoms with van der Waals surface area (Å²) in [4.78, 5) is 15.1.